The highest BCUT2D eigenvalue weighted by molar-refractivity contribution is 9.09. The van der Waals surface area contributed by atoms with Crippen molar-refractivity contribution in [3.05, 3.63) is 24.0 Å². The number of hydrogen-bond donors (Lipinski definition) is 1. The lowest BCUT2D eigenvalue weighted by Crippen LogP contribution is -2.46. The van der Waals surface area contributed by atoms with Crippen LogP contribution in [0.4, 0.5) is 0 Å². The lowest BCUT2D eigenvalue weighted by Gasteiger charge is -2.37. The summed E-state index contributed by atoms with van der Waals surface area (Å²) in [6, 6.07) is 2.22. The van der Waals surface area contributed by atoms with Crippen LogP contribution in [0.25, 0.3) is 0 Å². The van der Waals surface area contributed by atoms with Crippen LogP contribution in [-0.4, -0.2) is 37.8 Å². The van der Waals surface area contributed by atoms with Crippen molar-refractivity contribution < 1.29 is 9.90 Å². The molecule has 2 saturated heterocycles. The molecule has 2 atom stereocenters. The number of carbonyl (C=O) groups is 1. The van der Waals surface area contributed by atoms with Crippen molar-refractivity contribution in [2.75, 3.05) is 0 Å². The molecule has 1 aromatic heterocycles. The van der Waals surface area contributed by atoms with E-state index in [2.05, 4.69) is 20.9 Å². The fourth-order valence-corrected chi connectivity index (χ4v) is 4.01. The molecule has 3 heterocycles. The molecule has 2 fully saturated rings. The average Bonchev–Trinajstić information content (AvgIpc) is 2.61. The third-order valence-electron chi connectivity index (χ3n) is 3.94. The van der Waals surface area contributed by atoms with Gasteiger partial charge in [0.15, 0.2) is 0 Å². The highest BCUT2D eigenvalue weighted by atomic mass is 79.9. The number of piperidine rings is 1. The molecule has 0 spiro atoms. The number of rotatable bonds is 1. The molecule has 0 radical (unpaired) electrons. The van der Waals surface area contributed by atoms with Crippen LogP contribution in [0, 0.1) is 0 Å². The standard InChI is InChI=1S/C13H15BrN2O2/c14-8-5-9-1-2-10(6-8)16(9)13(18)11-3-4-15-7-12(11)17/h3-4,7-10,17H,1-2,5-6H2. The third kappa shape index (κ3) is 1.90. The lowest BCUT2D eigenvalue weighted by molar-refractivity contribution is 0.0600. The Labute approximate surface area is 114 Å². The van der Waals surface area contributed by atoms with E-state index in [-0.39, 0.29) is 11.7 Å². The molecule has 5 heteroatoms. The summed E-state index contributed by atoms with van der Waals surface area (Å²) in [6.45, 7) is 0. The van der Waals surface area contributed by atoms with Crippen molar-refractivity contribution in [3.8, 4) is 5.75 Å². The molecule has 4 nitrogen and oxygen atoms in total. The van der Waals surface area contributed by atoms with Gasteiger partial charge in [0.05, 0.1) is 11.8 Å². The Kier molecular flexibility index (Phi) is 3.01. The van der Waals surface area contributed by atoms with Crippen LogP contribution in [0.2, 0.25) is 0 Å². The molecular weight excluding hydrogens is 296 g/mol. The maximum Gasteiger partial charge on any atom is 0.258 e. The summed E-state index contributed by atoms with van der Waals surface area (Å²) >= 11 is 3.66. The minimum absolute atomic E-state index is 0.0251. The first kappa shape index (κ1) is 12.0. The molecule has 1 amide bonds. The second-order valence-electron chi connectivity index (χ2n) is 5.06. The van der Waals surface area contributed by atoms with Gasteiger partial charge in [-0.05, 0) is 31.7 Å². The first-order valence-corrected chi connectivity index (χ1v) is 7.18. The van der Waals surface area contributed by atoms with Gasteiger partial charge < -0.3 is 10.0 Å². The number of carbonyl (C=O) groups excluding carboxylic acids is 1. The van der Waals surface area contributed by atoms with E-state index in [9.17, 15) is 9.90 Å². The summed E-state index contributed by atoms with van der Waals surface area (Å²) < 4.78 is 0. The Hall–Kier alpha value is -1.10. The summed E-state index contributed by atoms with van der Waals surface area (Å²) in [7, 11) is 0. The van der Waals surface area contributed by atoms with Gasteiger partial charge >= 0.3 is 0 Å². The van der Waals surface area contributed by atoms with E-state index in [4.69, 9.17) is 0 Å². The van der Waals surface area contributed by atoms with E-state index in [0.717, 1.165) is 25.7 Å². The van der Waals surface area contributed by atoms with Crippen LogP contribution < -0.4 is 0 Å². The minimum Gasteiger partial charge on any atom is -0.505 e. The second-order valence-corrected chi connectivity index (χ2v) is 6.35. The van der Waals surface area contributed by atoms with Crippen LogP contribution >= 0.6 is 15.9 Å². The Morgan fingerprint density at radius 1 is 1.39 bits per heavy atom. The van der Waals surface area contributed by atoms with Crippen LogP contribution in [0.15, 0.2) is 18.5 Å². The topological polar surface area (TPSA) is 53.4 Å². The number of nitrogens with zero attached hydrogens (tertiary/aromatic N) is 2. The van der Waals surface area contributed by atoms with Gasteiger partial charge in [-0.15, -0.1) is 0 Å². The SMILES string of the molecule is O=C(c1ccncc1O)N1C2CCC1CC(Br)C2. The molecule has 2 unspecified atom stereocenters. The zero-order chi connectivity index (χ0) is 12.7. The van der Waals surface area contributed by atoms with E-state index in [1.807, 2.05) is 4.90 Å². The number of hydrogen-bond acceptors (Lipinski definition) is 3. The van der Waals surface area contributed by atoms with Gasteiger partial charge in [0.25, 0.3) is 5.91 Å². The predicted octanol–water partition coefficient (Wildman–Crippen LogP) is 2.32. The summed E-state index contributed by atoms with van der Waals surface area (Å²) in [5.41, 5.74) is 0.370. The van der Waals surface area contributed by atoms with Gasteiger partial charge in [-0.1, -0.05) is 15.9 Å². The number of fused-ring (bicyclic) bond motifs is 2. The van der Waals surface area contributed by atoms with Gasteiger partial charge in [0.1, 0.15) is 5.75 Å². The fourth-order valence-electron chi connectivity index (χ4n) is 3.15. The van der Waals surface area contributed by atoms with E-state index < -0.39 is 0 Å². The molecular formula is C13H15BrN2O2. The first-order chi connectivity index (χ1) is 8.66. The van der Waals surface area contributed by atoms with Crippen molar-refractivity contribution >= 4 is 21.8 Å². The van der Waals surface area contributed by atoms with Crippen molar-refractivity contribution in [2.45, 2.75) is 42.6 Å². The molecule has 1 N–H and O–H groups in total. The van der Waals surface area contributed by atoms with Crippen molar-refractivity contribution in [1.29, 1.82) is 0 Å². The van der Waals surface area contributed by atoms with Crippen LogP contribution in [0.1, 0.15) is 36.0 Å². The van der Waals surface area contributed by atoms with Crippen molar-refractivity contribution in [1.82, 2.24) is 9.88 Å². The van der Waals surface area contributed by atoms with Crippen LogP contribution in [-0.2, 0) is 0 Å². The van der Waals surface area contributed by atoms with Gasteiger partial charge in [-0.2, -0.15) is 0 Å². The number of alkyl halides is 1. The molecule has 18 heavy (non-hydrogen) atoms. The van der Waals surface area contributed by atoms with Gasteiger partial charge in [-0.3, -0.25) is 9.78 Å². The van der Waals surface area contributed by atoms with Crippen molar-refractivity contribution in [2.24, 2.45) is 0 Å². The summed E-state index contributed by atoms with van der Waals surface area (Å²) in [4.78, 5) is 18.8. The molecule has 0 aliphatic carbocycles. The van der Waals surface area contributed by atoms with Gasteiger partial charge in [0.2, 0.25) is 0 Å². The Bertz CT molecular complexity index is 466. The van der Waals surface area contributed by atoms with Gasteiger partial charge in [-0.25, -0.2) is 0 Å². The number of aromatic hydroxyl groups is 1. The minimum atomic E-state index is -0.0539. The monoisotopic (exact) mass is 310 g/mol. The Morgan fingerprint density at radius 2 is 2.06 bits per heavy atom. The molecule has 1 aromatic rings. The highest BCUT2D eigenvalue weighted by Crippen LogP contribution is 2.39. The smallest absolute Gasteiger partial charge is 0.258 e. The maximum absolute atomic E-state index is 12.5. The Balaban J connectivity index is 1.88. The number of pyridine rings is 1. The largest absolute Gasteiger partial charge is 0.505 e. The molecule has 2 aliphatic rings. The quantitative estimate of drug-likeness (QED) is 0.810. The van der Waals surface area contributed by atoms with Crippen LogP contribution in [0.3, 0.4) is 0 Å². The normalized spacial score (nSPS) is 30.5. The zero-order valence-corrected chi connectivity index (χ0v) is 11.5. The second kappa shape index (κ2) is 4.53. The van der Waals surface area contributed by atoms with E-state index in [1.165, 1.54) is 6.20 Å². The molecule has 2 bridgehead atoms. The molecule has 0 aromatic carbocycles. The molecule has 2 aliphatic heterocycles. The van der Waals surface area contributed by atoms with E-state index in [1.54, 1.807) is 12.3 Å². The number of halogens is 1. The maximum atomic E-state index is 12.5. The molecule has 96 valence electrons. The first-order valence-electron chi connectivity index (χ1n) is 6.26. The number of amides is 1. The molecule has 3 rings (SSSR count). The van der Waals surface area contributed by atoms with E-state index >= 15 is 0 Å². The summed E-state index contributed by atoms with van der Waals surface area (Å²) in [6.07, 6.45) is 7.04. The third-order valence-corrected chi connectivity index (χ3v) is 4.69. The fraction of sp³-hybridized carbons (Fsp3) is 0.538. The molecule has 0 saturated carbocycles. The summed E-state index contributed by atoms with van der Waals surface area (Å²) in [5.74, 6) is -0.0790. The van der Waals surface area contributed by atoms with Crippen molar-refractivity contribution in [3.63, 3.8) is 0 Å². The highest BCUT2D eigenvalue weighted by Gasteiger charge is 2.43. The van der Waals surface area contributed by atoms with E-state index in [0.29, 0.717) is 22.5 Å². The van der Waals surface area contributed by atoms with Crippen LogP contribution in [0.5, 0.6) is 5.75 Å². The predicted molar refractivity (Wildman–Crippen MR) is 70.8 cm³/mol. The number of aromatic nitrogens is 1. The average molecular weight is 311 g/mol. The van der Waals surface area contributed by atoms with Gasteiger partial charge in [0, 0.05) is 23.1 Å². The zero-order valence-electron chi connectivity index (χ0n) is 9.92. The lowest BCUT2D eigenvalue weighted by atomic mass is 10.0. The summed E-state index contributed by atoms with van der Waals surface area (Å²) in [5, 5.41) is 9.74. The Morgan fingerprint density at radius 3 is 2.67 bits per heavy atom.